The summed E-state index contributed by atoms with van der Waals surface area (Å²) < 4.78 is 0. The molecule has 20 nitrogen and oxygen atoms in total. The van der Waals surface area contributed by atoms with Gasteiger partial charge in [-0.15, -0.1) is 0 Å². The Morgan fingerprint density at radius 3 is 1.02 bits per heavy atom. The molecule has 0 aromatic carbocycles. The lowest BCUT2D eigenvalue weighted by Crippen LogP contribution is -2.09. The van der Waals surface area contributed by atoms with E-state index in [9.17, 15) is 79.2 Å². The van der Waals surface area contributed by atoms with E-state index in [1.54, 1.807) is 0 Å². The average Bonchev–Trinajstić information content (AvgIpc) is 3.86. The van der Waals surface area contributed by atoms with Crippen molar-refractivity contribution in [2.24, 2.45) is 0 Å². The second-order valence-corrected chi connectivity index (χ2v) is 14.8. The van der Waals surface area contributed by atoms with Gasteiger partial charge in [0.1, 0.15) is 0 Å². The highest BCUT2D eigenvalue weighted by Crippen LogP contribution is 2.33. The molecule has 0 spiro atoms. The van der Waals surface area contributed by atoms with Gasteiger partial charge < -0.3 is 60.8 Å². The third kappa shape index (κ3) is 12.9. The summed E-state index contributed by atoms with van der Waals surface area (Å²) in [6, 6.07) is 0. The topological polar surface area (TPSA) is 362 Å². The van der Waals surface area contributed by atoms with Crippen molar-refractivity contribution in [3.05, 3.63) is 90.6 Å². The maximum Gasteiger partial charge on any atom is 0.307 e. The lowest BCUT2D eigenvalue weighted by atomic mass is 9.94. The van der Waals surface area contributed by atoms with Gasteiger partial charge in [-0.05, 0) is 70.2 Å². The van der Waals surface area contributed by atoms with E-state index in [-0.39, 0.29) is 91.7 Å². The minimum Gasteiger partial charge on any atom is -0.481 e. The number of carbonyl (C=O) groups is 8. The molecule has 0 bridgehead atoms. The van der Waals surface area contributed by atoms with E-state index in [1.807, 2.05) is 0 Å². The summed E-state index contributed by atoms with van der Waals surface area (Å²) in [5.74, 6) is -9.55. The zero-order valence-electron chi connectivity index (χ0n) is 32.7. The van der Waals surface area contributed by atoms with Gasteiger partial charge in [-0.3, -0.25) is 38.4 Å². The summed E-state index contributed by atoms with van der Waals surface area (Å²) in [7, 11) is 0. The van der Waals surface area contributed by atoms with Crippen LogP contribution in [0.15, 0.2) is 6.20 Å². The molecule has 0 aliphatic carbocycles. The molecule has 4 heterocycles. The molecule has 4 aromatic heterocycles. The van der Waals surface area contributed by atoms with Crippen LogP contribution in [0.4, 0.5) is 0 Å². The molecule has 0 amide bonds. The van der Waals surface area contributed by atoms with Gasteiger partial charge in [0.2, 0.25) is 0 Å². The molecule has 328 valence electrons. The predicted octanol–water partition coefficient (Wildman–Crippen LogP) is 2.78. The lowest BCUT2D eigenvalue weighted by Gasteiger charge is -2.09. The van der Waals surface area contributed by atoms with Gasteiger partial charge in [0.15, 0.2) is 0 Å². The van der Waals surface area contributed by atoms with Crippen molar-refractivity contribution in [1.29, 1.82) is 0 Å². The van der Waals surface area contributed by atoms with Crippen molar-refractivity contribution >= 4 is 60.4 Å². The molecule has 0 fully saturated rings. The molecule has 0 aliphatic heterocycles. The Morgan fingerprint density at radius 2 is 0.672 bits per heavy atom. The first-order valence-electron chi connectivity index (χ1n) is 18.9. The van der Waals surface area contributed by atoms with Crippen LogP contribution in [0.2, 0.25) is 0 Å². The molecule has 4 rings (SSSR count). The van der Waals surface area contributed by atoms with Crippen LogP contribution in [0, 0.1) is 0 Å². The van der Waals surface area contributed by atoms with Crippen molar-refractivity contribution in [2.45, 2.75) is 102 Å². The summed E-state index contributed by atoms with van der Waals surface area (Å²) in [5.41, 5.74) is 4.73. The number of thiol groups is 1. The maximum absolute atomic E-state index is 12.3. The summed E-state index contributed by atoms with van der Waals surface area (Å²) in [4.78, 5) is 108. The second kappa shape index (κ2) is 21.0. The molecule has 61 heavy (non-hydrogen) atoms. The van der Waals surface area contributed by atoms with Crippen LogP contribution in [-0.4, -0.2) is 109 Å². The SMILES string of the molecule is O=C(O)CCc1c[nH]c(Cc2[nH]c(Cc3[nH]c(Cc4[nH]c(CS)c(CC(=O)O)c4CCC(=O)O)c(CC(=O)O)c3CCC(=O)O)c(CC(=O)O)c2CCC(=O)O)c1CC(=O)O. The number of carboxylic acid groups (broad SMARTS) is 8. The monoisotopic (exact) mass is 870 g/mol. The first kappa shape index (κ1) is 46.9. The second-order valence-electron chi connectivity index (χ2n) is 14.4. The van der Waals surface area contributed by atoms with E-state index < -0.39 is 86.3 Å². The zero-order valence-corrected chi connectivity index (χ0v) is 33.6. The molecule has 0 unspecified atom stereocenters. The quantitative estimate of drug-likeness (QED) is 0.0383. The normalized spacial score (nSPS) is 11.2. The average molecular weight is 871 g/mol. The molecule has 0 aliphatic rings. The van der Waals surface area contributed by atoms with Gasteiger partial charge in [0.05, 0.1) is 25.7 Å². The number of H-pyrrole nitrogens is 4. The van der Waals surface area contributed by atoms with Crippen molar-refractivity contribution in [1.82, 2.24) is 19.9 Å². The Labute approximate surface area is 351 Å². The molecule has 0 radical (unpaired) electrons. The number of rotatable bonds is 27. The number of aromatic amines is 4. The smallest absolute Gasteiger partial charge is 0.307 e. The summed E-state index contributed by atoms with van der Waals surface area (Å²) in [5, 5.41) is 77.5. The number of aryl methyl sites for hydroxylation is 1. The molecule has 0 saturated carbocycles. The first-order chi connectivity index (χ1) is 28.8. The Bertz CT molecular complexity index is 2350. The van der Waals surface area contributed by atoms with Gasteiger partial charge in [-0.25, -0.2) is 0 Å². The van der Waals surface area contributed by atoms with E-state index >= 15 is 0 Å². The number of nitrogens with one attached hydrogen (secondary N) is 4. The van der Waals surface area contributed by atoms with Gasteiger partial charge in [0.25, 0.3) is 0 Å². The van der Waals surface area contributed by atoms with Gasteiger partial charge in [-0.2, -0.15) is 12.6 Å². The van der Waals surface area contributed by atoms with Crippen molar-refractivity contribution in [2.75, 3.05) is 0 Å². The van der Waals surface area contributed by atoms with E-state index in [4.69, 9.17) is 0 Å². The standard InChI is InChI=1S/C40H46N4O16S/c45-33(46)5-1-18-16-41-26(22(18)9-37(53)54)13-27-19(2-6-34(47)48)23(10-38(55)56)30(42-27)14-28-20(3-7-35(49)50)24(11-39(57)58)31(43-28)15-29-21(4-8-36(51)52)25(12-40(59)60)32(17-61)44-29/h16,41-44,61H,1-15,17H2,(H,45,46)(H,47,48)(H,49,50)(H,51,52)(H,53,54)(H,55,56)(H,57,58)(H,59,60). The Kier molecular flexibility index (Phi) is 16.1. The summed E-state index contributed by atoms with van der Waals surface area (Å²) >= 11 is 4.32. The lowest BCUT2D eigenvalue weighted by molar-refractivity contribution is -0.138. The maximum atomic E-state index is 12.3. The van der Waals surface area contributed by atoms with Gasteiger partial charge >= 0.3 is 47.8 Å². The zero-order chi connectivity index (χ0) is 45.1. The Balaban J connectivity index is 1.94. The molecule has 12 N–H and O–H groups in total. The number of hydrogen-bond acceptors (Lipinski definition) is 9. The highest BCUT2D eigenvalue weighted by Gasteiger charge is 2.28. The van der Waals surface area contributed by atoms with E-state index in [2.05, 4.69) is 32.6 Å². The number of carboxylic acids is 8. The fourth-order valence-electron chi connectivity index (χ4n) is 7.74. The van der Waals surface area contributed by atoms with Gasteiger partial charge in [-0.1, -0.05) is 0 Å². The molecular weight excluding hydrogens is 825 g/mol. The highest BCUT2D eigenvalue weighted by atomic mass is 32.1. The van der Waals surface area contributed by atoms with Gasteiger partial charge in [0, 0.05) is 96.8 Å². The molecule has 21 heteroatoms. The third-order valence-corrected chi connectivity index (χ3v) is 10.6. The fraction of sp³-hybridized carbons (Fsp3) is 0.400. The fourth-order valence-corrected chi connectivity index (χ4v) is 8.01. The van der Waals surface area contributed by atoms with Crippen LogP contribution >= 0.6 is 12.6 Å². The van der Waals surface area contributed by atoms with Crippen molar-refractivity contribution in [3.8, 4) is 0 Å². The highest BCUT2D eigenvalue weighted by molar-refractivity contribution is 7.79. The van der Waals surface area contributed by atoms with Crippen LogP contribution in [-0.2, 0) is 115 Å². The number of aliphatic carboxylic acids is 8. The minimum absolute atomic E-state index is 0.00781. The van der Waals surface area contributed by atoms with E-state index in [0.717, 1.165) is 0 Å². The van der Waals surface area contributed by atoms with E-state index in [0.29, 0.717) is 56.2 Å². The predicted molar refractivity (Wildman–Crippen MR) is 213 cm³/mol. The van der Waals surface area contributed by atoms with Crippen LogP contribution in [0.1, 0.15) is 110 Å². The van der Waals surface area contributed by atoms with Crippen LogP contribution in [0.25, 0.3) is 0 Å². The van der Waals surface area contributed by atoms with E-state index in [1.165, 1.54) is 6.20 Å². The third-order valence-electron chi connectivity index (χ3n) is 10.3. The largest absolute Gasteiger partial charge is 0.481 e. The molecule has 0 atom stereocenters. The molecular formula is C40H46N4O16S. The van der Waals surface area contributed by atoms with Crippen LogP contribution in [0.3, 0.4) is 0 Å². The van der Waals surface area contributed by atoms with Crippen molar-refractivity contribution < 1.29 is 79.2 Å². The Hall–Kier alpha value is -6.77. The van der Waals surface area contributed by atoms with Crippen molar-refractivity contribution in [3.63, 3.8) is 0 Å². The number of aromatic nitrogens is 4. The molecule has 0 saturated heterocycles. The Morgan fingerprint density at radius 1 is 0.377 bits per heavy atom. The minimum atomic E-state index is -1.28. The summed E-state index contributed by atoms with van der Waals surface area (Å²) in [6.07, 6.45) is -2.96. The van der Waals surface area contributed by atoms with Crippen LogP contribution in [0.5, 0.6) is 0 Å². The molecule has 4 aromatic rings. The summed E-state index contributed by atoms with van der Waals surface area (Å²) in [6.45, 7) is 0. The first-order valence-corrected chi connectivity index (χ1v) is 19.6. The van der Waals surface area contributed by atoms with Crippen LogP contribution < -0.4 is 0 Å². The number of hydrogen-bond donors (Lipinski definition) is 13.